The number of rotatable bonds is 4. The SMILES string of the molecule is Cc1ccc(NC(=S)N[C@@H](C)c2ccc(S(C)(=O)=O)cc2)cc1C. The molecule has 0 bridgehead atoms. The minimum absolute atomic E-state index is 0.0369. The van der Waals surface area contributed by atoms with Gasteiger partial charge in [-0.2, -0.15) is 0 Å². The molecule has 2 aromatic rings. The molecule has 0 aliphatic carbocycles. The number of hydrogen-bond acceptors (Lipinski definition) is 3. The molecule has 128 valence electrons. The molecular formula is C18H22N2O2S2. The summed E-state index contributed by atoms with van der Waals surface area (Å²) < 4.78 is 23.0. The number of thiocarbonyl (C=S) groups is 1. The van der Waals surface area contributed by atoms with Gasteiger partial charge in [-0.3, -0.25) is 0 Å². The summed E-state index contributed by atoms with van der Waals surface area (Å²) in [4.78, 5) is 0.314. The Morgan fingerprint density at radius 3 is 2.21 bits per heavy atom. The van der Waals surface area contributed by atoms with Gasteiger partial charge in [0.1, 0.15) is 0 Å². The van der Waals surface area contributed by atoms with E-state index in [4.69, 9.17) is 12.2 Å². The molecular weight excluding hydrogens is 340 g/mol. The van der Waals surface area contributed by atoms with Crippen LogP contribution in [0.5, 0.6) is 0 Å². The highest BCUT2D eigenvalue weighted by molar-refractivity contribution is 7.90. The number of hydrogen-bond donors (Lipinski definition) is 2. The second-order valence-corrected chi connectivity index (χ2v) is 8.38. The molecule has 0 aromatic heterocycles. The van der Waals surface area contributed by atoms with Crippen molar-refractivity contribution in [2.24, 2.45) is 0 Å². The summed E-state index contributed by atoms with van der Waals surface area (Å²) in [6.07, 6.45) is 1.20. The molecule has 0 unspecified atom stereocenters. The molecule has 0 spiro atoms. The summed E-state index contributed by atoms with van der Waals surface area (Å²) in [6.45, 7) is 6.10. The molecule has 1 atom stereocenters. The van der Waals surface area contributed by atoms with Crippen molar-refractivity contribution in [2.75, 3.05) is 11.6 Å². The maximum atomic E-state index is 11.5. The van der Waals surface area contributed by atoms with Gasteiger partial charge in [0.25, 0.3) is 0 Å². The van der Waals surface area contributed by atoms with Gasteiger partial charge in [0.05, 0.1) is 10.9 Å². The monoisotopic (exact) mass is 362 g/mol. The Bertz CT molecular complexity index is 844. The molecule has 2 aromatic carbocycles. The van der Waals surface area contributed by atoms with E-state index in [1.165, 1.54) is 17.4 Å². The lowest BCUT2D eigenvalue weighted by Crippen LogP contribution is -2.30. The maximum absolute atomic E-state index is 11.5. The number of anilines is 1. The molecule has 0 fully saturated rings. The third kappa shape index (κ3) is 4.79. The highest BCUT2D eigenvalue weighted by atomic mass is 32.2. The molecule has 2 rings (SSSR count). The molecule has 24 heavy (non-hydrogen) atoms. The minimum atomic E-state index is -3.18. The van der Waals surface area contributed by atoms with Crippen molar-refractivity contribution in [2.45, 2.75) is 31.7 Å². The normalized spacial score (nSPS) is 12.5. The van der Waals surface area contributed by atoms with Crippen LogP contribution in [0.25, 0.3) is 0 Å². The highest BCUT2D eigenvalue weighted by Gasteiger charge is 2.10. The average Bonchev–Trinajstić information content (AvgIpc) is 2.50. The van der Waals surface area contributed by atoms with Crippen LogP contribution in [0.4, 0.5) is 5.69 Å². The number of benzene rings is 2. The molecule has 4 nitrogen and oxygen atoms in total. The van der Waals surface area contributed by atoms with E-state index >= 15 is 0 Å². The highest BCUT2D eigenvalue weighted by Crippen LogP contribution is 2.17. The molecule has 0 amide bonds. The fourth-order valence-electron chi connectivity index (χ4n) is 2.27. The van der Waals surface area contributed by atoms with E-state index in [-0.39, 0.29) is 6.04 Å². The molecule has 0 saturated carbocycles. The van der Waals surface area contributed by atoms with Crippen molar-refractivity contribution >= 4 is 32.9 Å². The Morgan fingerprint density at radius 2 is 1.67 bits per heavy atom. The number of aryl methyl sites for hydroxylation is 2. The second-order valence-electron chi connectivity index (χ2n) is 5.96. The average molecular weight is 363 g/mol. The van der Waals surface area contributed by atoms with Gasteiger partial charge in [0, 0.05) is 11.9 Å². The topological polar surface area (TPSA) is 58.2 Å². The van der Waals surface area contributed by atoms with Gasteiger partial charge >= 0.3 is 0 Å². The van der Waals surface area contributed by atoms with Gasteiger partial charge in [-0.25, -0.2) is 8.42 Å². The van der Waals surface area contributed by atoms with E-state index in [0.717, 1.165) is 11.3 Å². The Hall–Kier alpha value is -1.92. The molecule has 0 saturated heterocycles. The van der Waals surface area contributed by atoms with Gasteiger partial charge in [0.15, 0.2) is 14.9 Å². The van der Waals surface area contributed by atoms with E-state index in [2.05, 4.69) is 30.5 Å². The van der Waals surface area contributed by atoms with E-state index in [0.29, 0.717) is 10.0 Å². The molecule has 0 aliphatic rings. The predicted octanol–water partition coefficient (Wildman–Crippen LogP) is 3.75. The Balaban J connectivity index is 2.01. The van der Waals surface area contributed by atoms with Crippen LogP contribution < -0.4 is 10.6 Å². The molecule has 0 aliphatic heterocycles. The Kier molecular flexibility index (Phi) is 5.62. The predicted molar refractivity (Wildman–Crippen MR) is 103 cm³/mol. The lowest BCUT2D eigenvalue weighted by atomic mass is 10.1. The van der Waals surface area contributed by atoms with Crippen LogP contribution in [0, 0.1) is 13.8 Å². The first kappa shape index (κ1) is 18.4. The van der Waals surface area contributed by atoms with Gasteiger partial charge in [-0.1, -0.05) is 18.2 Å². The van der Waals surface area contributed by atoms with Crippen molar-refractivity contribution in [1.82, 2.24) is 5.32 Å². The van der Waals surface area contributed by atoms with Crippen LogP contribution in [0.15, 0.2) is 47.4 Å². The van der Waals surface area contributed by atoms with Crippen LogP contribution >= 0.6 is 12.2 Å². The van der Waals surface area contributed by atoms with Crippen LogP contribution in [0.2, 0.25) is 0 Å². The van der Waals surface area contributed by atoms with Crippen LogP contribution in [0.1, 0.15) is 29.7 Å². The van der Waals surface area contributed by atoms with Crippen molar-refractivity contribution in [3.8, 4) is 0 Å². The van der Waals surface area contributed by atoms with Crippen molar-refractivity contribution < 1.29 is 8.42 Å². The lowest BCUT2D eigenvalue weighted by Gasteiger charge is -2.18. The zero-order chi connectivity index (χ0) is 17.9. The van der Waals surface area contributed by atoms with Gasteiger partial charge in [-0.15, -0.1) is 0 Å². The van der Waals surface area contributed by atoms with Crippen molar-refractivity contribution in [3.05, 3.63) is 59.2 Å². The summed E-state index contributed by atoms with van der Waals surface area (Å²) in [5.41, 5.74) is 4.34. The van der Waals surface area contributed by atoms with Crippen LogP contribution in [-0.4, -0.2) is 19.8 Å². The smallest absolute Gasteiger partial charge is 0.175 e. The molecule has 0 radical (unpaired) electrons. The molecule has 2 N–H and O–H groups in total. The minimum Gasteiger partial charge on any atom is -0.356 e. The summed E-state index contributed by atoms with van der Waals surface area (Å²) in [6, 6.07) is 12.9. The summed E-state index contributed by atoms with van der Waals surface area (Å²) >= 11 is 5.36. The fraction of sp³-hybridized carbons (Fsp3) is 0.278. The number of sulfone groups is 1. The largest absolute Gasteiger partial charge is 0.356 e. The second kappa shape index (κ2) is 7.32. The van der Waals surface area contributed by atoms with Crippen LogP contribution in [0.3, 0.4) is 0 Å². The van der Waals surface area contributed by atoms with Gasteiger partial charge in [-0.05, 0) is 73.9 Å². The lowest BCUT2D eigenvalue weighted by molar-refractivity contribution is 0.601. The Labute approximate surface area is 149 Å². The Morgan fingerprint density at radius 1 is 1.04 bits per heavy atom. The third-order valence-electron chi connectivity index (χ3n) is 3.92. The van der Waals surface area contributed by atoms with Crippen molar-refractivity contribution in [3.63, 3.8) is 0 Å². The zero-order valence-corrected chi connectivity index (χ0v) is 15.9. The zero-order valence-electron chi connectivity index (χ0n) is 14.3. The first-order valence-corrected chi connectivity index (χ1v) is 9.91. The number of nitrogens with one attached hydrogen (secondary N) is 2. The third-order valence-corrected chi connectivity index (χ3v) is 5.27. The van der Waals surface area contributed by atoms with Crippen LogP contribution in [-0.2, 0) is 9.84 Å². The van der Waals surface area contributed by atoms with Gasteiger partial charge < -0.3 is 10.6 Å². The fourth-order valence-corrected chi connectivity index (χ4v) is 3.20. The summed E-state index contributed by atoms with van der Waals surface area (Å²) in [5, 5.41) is 6.90. The first-order valence-electron chi connectivity index (χ1n) is 7.61. The van der Waals surface area contributed by atoms with Gasteiger partial charge in [0.2, 0.25) is 0 Å². The maximum Gasteiger partial charge on any atom is 0.175 e. The van der Waals surface area contributed by atoms with Crippen molar-refractivity contribution in [1.29, 1.82) is 0 Å². The van der Waals surface area contributed by atoms with E-state index < -0.39 is 9.84 Å². The van der Waals surface area contributed by atoms with E-state index in [1.807, 2.05) is 19.1 Å². The summed E-state index contributed by atoms with van der Waals surface area (Å²) in [7, 11) is -3.18. The summed E-state index contributed by atoms with van der Waals surface area (Å²) in [5.74, 6) is 0. The molecule has 6 heteroatoms. The van der Waals surface area contributed by atoms with E-state index in [1.54, 1.807) is 24.3 Å². The molecule has 0 heterocycles. The van der Waals surface area contributed by atoms with E-state index in [9.17, 15) is 8.42 Å². The first-order chi connectivity index (χ1) is 11.2. The standard InChI is InChI=1S/C18H22N2O2S2/c1-12-5-8-16(11-13(12)2)20-18(23)19-14(3)15-6-9-17(10-7-15)24(4,21)22/h5-11,14H,1-4H3,(H2,19,20,23)/t14-/m0/s1. The quantitative estimate of drug-likeness (QED) is 0.811.